The van der Waals surface area contributed by atoms with Crippen molar-refractivity contribution in [2.24, 2.45) is 5.73 Å². The number of aryl methyl sites for hydroxylation is 1. The summed E-state index contributed by atoms with van der Waals surface area (Å²) in [6.07, 6.45) is 4.89. The second-order valence-electron chi connectivity index (χ2n) is 8.15. The van der Waals surface area contributed by atoms with Crippen molar-refractivity contribution in [2.45, 2.75) is 32.7 Å². The number of unbranched alkanes of at least 4 members (excludes halogenated alkanes) is 2. The molecule has 0 bridgehead atoms. The number of halogens is 1. The lowest BCUT2D eigenvalue weighted by Gasteiger charge is -2.15. The van der Waals surface area contributed by atoms with Crippen LogP contribution in [-0.2, 0) is 6.54 Å². The molecule has 4 rings (SSSR count). The molecule has 2 aromatic carbocycles. The quantitative estimate of drug-likeness (QED) is 0.350. The number of benzene rings is 2. The van der Waals surface area contributed by atoms with E-state index in [2.05, 4.69) is 16.8 Å². The Bertz CT molecular complexity index is 1340. The molecule has 0 aliphatic carbocycles. The Morgan fingerprint density at radius 3 is 2.44 bits per heavy atom. The lowest BCUT2D eigenvalue weighted by Crippen LogP contribution is -2.28. The number of carbonyl (C=O) groups is 1. The largest absolute Gasteiger partial charge is 0.351 e. The minimum atomic E-state index is -0.173. The Balaban J connectivity index is 1.79. The van der Waals surface area contributed by atoms with Crippen molar-refractivity contribution in [3.8, 4) is 22.5 Å². The van der Waals surface area contributed by atoms with E-state index in [-0.39, 0.29) is 11.5 Å². The molecule has 0 saturated heterocycles. The molecule has 4 aromatic rings. The van der Waals surface area contributed by atoms with Gasteiger partial charge in [0.15, 0.2) is 0 Å². The Kier molecular flexibility index (Phi) is 7.45. The summed E-state index contributed by atoms with van der Waals surface area (Å²) in [5.74, 6) is 0.418. The molecule has 0 aliphatic heterocycles. The van der Waals surface area contributed by atoms with Gasteiger partial charge in [0.05, 0.1) is 11.4 Å². The molecule has 0 unspecified atom stereocenters. The van der Waals surface area contributed by atoms with Crippen molar-refractivity contribution in [2.75, 3.05) is 13.1 Å². The van der Waals surface area contributed by atoms with Crippen LogP contribution < -0.4 is 16.6 Å². The summed E-state index contributed by atoms with van der Waals surface area (Å²) in [4.78, 5) is 30.1. The summed E-state index contributed by atoms with van der Waals surface area (Å²) < 4.78 is 3.67. The van der Waals surface area contributed by atoms with Gasteiger partial charge in [0.1, 0.15) is 0 Å². The molecule has 0 aliphatic rings. The molecule has 0 fully saturated rings. The second kappa shape index (κ2) is 10.7. The monoisotopic (exact) mass is 477 g/mol. The average Bonchev–Trinajstić information content (AvgIpc) is 3.30. The summed E-state index contributed by atoms with van der Waals surface area (Å²) in [6, 6.07) is 16.3. The summed E-state index contributed by atoms with van der Waals surface area (Å²) in [5, 5.41) is 3.42. The van der Waals surface area contributed by atoms with Gasteiger partial charge in [-0.15, -0.1) is 0 Å². The van der Waals surface area contributed by atoms with Crippen LogP contribution in [-0.4, -0.2) is 32.9 Å². The van der Waals surface area contributed by atoms with Crippen LogP contribution in [0.5, 0.6) is 0 Å². The van der Waals surface area contributed by atoms with Crippen molar-refractivity contribution in [3.05, 3.63) is 81.7 Å². The first kappa shape index (κ1) is 23.7. The molecule has 8 heteroatoms. The van der Waals surface area contributed by atoms with Crippen LogP contribution in [0.2, 0.25) is 5.02 Å². The summed E-state index contributed by atoms with van der Waals surface area (Å²) in [5.41, 5.74) is 9.08. The molecule has 0 radical (unpaired) electrons. The number of nitrogens with one attached hydrogen (secondary N) is 1. The molecule has 2 aromatic heterocycles. The van der Waals surface area contributed by atoms with Crippen LogP contribution in [0.15, 0.2) is 65.6 Å². The van der Waals surface area contributed by atoms with Gasteiger partial charge in [-0.1, -0.05) is 55.6 Å². The van der Waals surface area contributed by atoms with Crippen molar-refractivity contribution in [1.82, 2.24) is 19.3 Å². The van der Waals surface area contributed by atoms with Gasteiger partial charge in [-0.25, -0.2) is 4.98 Å². The maximum atomic E-state index is 13.1. The topological polar surface area (TPSA) is 94.4 Å². The number of fused-ring (bicyclic) bond motifs is 1. The van der Waals surface area contributed by atoms with Gasteiger partial charge in [-0.3, -0.25) is 14.0 Å². The molecule has 3 N–H and O–H groups in total. The lowest BCUT2D eigenvalue weighted by atomic mass is 10.1. The van der Waals surface area contributed by atoms with Crippen molar-refractivity contribution >= 4 is 23.3 Å². The molecule has 2 heterocycles. The van der Waals surface area contributed by atoms with Crippen LogP contribution >= 0.6 is 11.6 Å². The first-order valence-electron chi connectivity index (χ1n) is 11.5. The first-order valence-corrected chi connectivity index (χ1v) is 11.9. The molecule has 176 valence electrons. The third kappa shape index (κ3) is 5.05. The van der Waals surface area contributed by atoms with Gasteiger partial charge in [0.25, 0.3) is 11.5 Å². The first-order chi connectivity index (χ1) is 16.5. The van der Waals surface area contributed by atoms with E-state index in [0.717, 1.165) is 42.6 Å². The van der Waals surface area contributed by atoms with Crippen LogP contribution in [0.25, 0.3) is 28.3 Å². The average molecular weight is 478 g/mol. The van der Waals surface area contributed by atoms with Gasteiger partial charge in [0, 0.05) is 48.0 Å². The number of imidazole rings is 1. The molecule has 0 spiro atoms. The molecular formula is C26H28ClN5O2. The zero-order valence-corrected chi connectivity index (χ0v) is 19.9. The van der Waals surface area contributed by atoms with Crippen molar-refractivity contribution in [3.63, 3.8) is 0 Å². The SMILES string of the molecule is CCCCCn1c(-c2ccc(C(=O)NCCN)cc2)cc(=O)n2cc(-c3ccc(Cl)cc3)nc12. The smallest absolute Gasteiger partial charge is 0.259 e. The fourth-order valence-corrected chi connectivity index (χ4v) is 4.04. The van der Waals surface area contributed by atoms with Crippen LogP contribution in [0.4, 0.5) is 0 Å². The van der Waals surface area contributed by atoms with Gasteiger partial charge < -0.3 is 15.6 Å². The van der Waals surface area contributed by atoms with E-state index in [1.54, 1.807) is 28.8 Å². The lowest BCUT2D eigenvalue weighted by molar-refractivity contribution is 0.0955. The number of carbonyl (C=O) groups excluding carboxylic acids is 1. The number of nitrogens with two attached hydrogens (primary N) is 1. The highest BCUT2D eigenvalue weighted by molar-refractivity contribution is 6.30. The number of amides is 1. The zero-order valence-electron chi connectivity index (χ0n) is 19.1. The van der Waals surface area contributed by atoms with E-state index in [9.17, 15) is 9.59 Å². The minimum Gasteiger partial charge on any atom is -0.351 e. The van der Waals surface area contributed by atoms with Gasteiger partial charge in [-0.05, 0) is 36.2 Å². The highest BCUT2D eigenvalue weighted by Gasteiger charge is 2.15. The third-order valence-corrected chi connectivity index (χ3v) is 5.97. The molecule has 34 heavy (non-hydrogen) atoms. The van der Waals surface area contributed by atoms with Crippen LogP contribution in [0.1, 0.15) is 36.5 Å². The Morgan fingerprint density at radius 1 is 1.06 bits per heavy atom. The number of hydrogen-bond acceptors (Lipinski definition) is 4. The van der Waals surface area contributed by atoms with Gasteiger partial charge >= 0.3 is 0 Å². The van der Waals surface area contributed by atoms with E-state index in [4.69, 9.17) is 22.3 Å². The number of nitrogens with zero attached hydrogens (tertiary/aromatic N) is 3. The predicted octanol–water partition coefficient (Wildman–Crippen LogP) is 4.36. The summed E-state index contributed by atoms with van der Waals surface area (Å²) in [6.45, 7) is 3.69. The Morgan fingerprint density at radius 2 is 1.76 bits per heavy atom. The standard InChI is InChI=1S/C26H28ClN5O2/c1-2-3-4-15-31-23(19-5-7-20(8-6-19)25(34)29-14-13-28)16-24(33)32-17-22(30-26(31)32)18-9-11-21(27)12-10-18/h5-12,16-17H,2-4,13-15,28H2,1H3,(H,29,34). The van der Waals surface area contributed by atoms with E-state index in [1.807, 2.05) is 36.4 Å². The van der Waals surface area contributed by atoms with E-state index in [0.29, 0.717) is 35.1 Å². The number of rotatable bonds is 9. The maximum Gasteiger partial charge on any atom is 0.259 e. The fourth-order valence-electron chi connectivity index (χ4n) is 3.91. The molecule has 0 saturated carbocycles. The van der Waals surface area contributed by atoms with Gasteiger partial charge in [-0.2, -0.15) is 0 Å². The van der Waals surface area contributed by atoms with Crippen LogP contribution in [0, 0.1) is 0 Å². The molecular weight excluding hydrogens is 450 g/mol. The molecule has 1 amide bonds. The highest BCUT2D eigenvalue weighted by atomic mass is 35.5. The van der Waals surface area contributed by atoms with Crippen molar-refractivity contribution in [1.29, 1.82) is 0 Å². The Hall–Kier alpha value is -3.42. The highest BCUT2D eigenvalue weighted by Crippen LogP contribution is 2.25. The molecule has 7 nitrogen and oxygen atoms in total. The van der Waals surface area contributed by atoms with E-state index >= 15 is 0 Å². The van der Waals surface area contributed by atoms with E-state index < -0.39 is 0 Å². The number of hydrogen-bond donors (Lipinski definition) is 2. The fraction of sp³-hybridized carbons (Fsp3) is 0.269. The summed E-state index contributed by atoms with van der Waals surface area (Å²) in [7, 11) is 0. The summed E-state index contributed by atoms with van der Waals surface area (Å²) >= 11 is 6.03. The van der Waals surface area contributed by atoms with E-state index in [1.165, 1.54) is 0 Å². The minimum absolute atomic E-state index is 0.158. The Labute approximate surface area is 203 Å². The van der Waals surface area contributed by atoms with Crippen molar-refractivity contribution < 1.29 is 4.79 Å². The third-order valence-electron chi connectivity index (χ3n) is 5.72. The normalized spacial score (nSPS) is 11.1. The number of aromatic nitrogens is 3. The molecule has 0 atom stereocenters. The van der Waals surface area contributed by atoms with Gasteiger partial charge in [0.2, 0.25) is 5.78 Å². The zero-order chi connectivity index (χ0) is 24.1. The van der Waals surface area contributed by atoms with Crippen LogP contribution in [0.3, 0.4) is 0 Å². The second-order valence-corrected chi connectivity index (χ2v) is 8.59. The predicted molar refractivity (Wildman–Crippen MR) is 136 cm³/mol. The maximum absolute atomic E-state index is 13.1.